The van der Waals surface area contributed by atoms with Crippen molar-refractivity contribution in [3.05, 3.63) is 66.0 Å². The Morgan fingerprint density at radius 2 is 1.71 bits per heavy atom. The van der Waals surface area contributed by atoms with Gasteiger partial charge in [0.15, 0.2) is 0 Å². The lowest BCUT2D eigenvalue weighted by molar-refractivity contribution is -0.130. The smallest absolute Gasteiger partial charge is 0.240 e. The Labute approximate surface area is 162 Å². The Balaban J connectivity index is 1.63. The van der Waals surface area contributed by atoms with Crippen molar-refractivity contribution in [1.82, 2.24) is 15.0 Å². The van der Waals surface area contributed by atoms with Crippen molar-refractivity contribution < 1.29 is 9.59 Å². The third kappa shape index (κ3) is 3.46. The number of hydrogen-bond acceptors (Lipinski definition) is 5. The van der Waals surface area contributed by atoms with Crippen LogP contribution in [0.4, 0.5) is 5.69 Å². The summed E-state index contributed by atoms with van der Waals surface area (Å²) in [6, 6.07) is 13.1. The molecule has 0 saturated carbocycles. The van der Waals surface area contributed by atoms with Gasteiger partial charge in [0.25, 0.3) is 0 Å². The van der Waals surface area contributed by atoms with E-state index in [1.807, 2.05) is 42.5 Å². The fourth-order valence-electron chi connectivity index (χ4n) is 3.37. The van der Waals surface area contributed by atoms with E-state index in [2.05, 4.69) is 20.4 Å². The minimum atomic E-state index is -0.186. The van der Waals surface area contributed by atoms with Crippen LogP contribution in [0.25, 0.3) is 11.0 Å². The van der Waals surface area contributed by atoms with Crippen molar-refractivity contribution in [3.63, 3.8) is 0 Å². The summed E-state index contributed by atoms with van der Waals surface area (Å²) in [5.74, 6) is -0.234. The standard InChI is InChI=1S/C21H19N5O2/c1-13(27)24-17-6-3-15(4-7-17)19-12-21(26(25-19)14(2)28)16-5-8-18-20(11-16)23-10-9-22-18/h3-11,21H,12H2,1-2H3,(H,24,27)/t21-/m1/s1. The molecule has 1 aliphatic heterocycles. The number of carbonyl (C=O) groups excluding carboxylic acids is 2. The molecule has 0 saturated heterocycles. The summed E-state index contributed by atoms with van der Waals surface area (Å²) < 4.78 is 0. The fraction of sp³-hybridized carbons (Fsp3) is 0.190. The van der Waals surface area contributed by atoms with Gasteiger partial charge in [-0.2, -0.15) is 5.10 Å². The number of nitrogens with zero attached hydrogens (tertiary/aromatic N) is 4. The van der Waals surface area contributed by atoms with Crippen LogP contribution < -0.4 is 5.32 Å². The van der Waals surface area contributed by atoms with Crippen molar-refractivity contribution in [2.75, 3.05) is 5.32 Å². The van der Waals surface area contributed by atoms with Gasteiger partial charge < -0.3 is 5.32 Å². The molecule has 2 heterocycles. The van der Waals surface area contributed by atoms with Crippen molar-refractivity contribution >= 4 is 34.2 Å². The van der Waals surface area contributed by atoms with E-state index in [4.69, 9.17) is 0 Å². The van der Waals surface area contributed by atoms with Gasteiger partial charge in [-0.1, -0.05) is 18.2 Å². The molecular weight excluding hydrogens is 354 g/mol. The van der Waals surface area contributed by atoms with E-state index in [9.17, 15) is 9.59 Å². The van der Waals surface area contributed by atoms with Crippen LogP contribution in [0.1, 0.15) is 37.4 Å². The zero-order chi connectivity index (χ0) is 19.7. The van der Waals surface area contributed by atoms with Crippen LogP contribution in [0.2, 0.25) is 0 Å². The monoisotopic (exact) mass is 373 g/mol. The highest BCUT2D eigenvalue weighted by atomic mass is 16.2. The maximum atomic E-state index is 12.2. The van der Waals surface area contributed by atoms with Gasteiger partial charge in [-0.3, -0.25) is 19.6 Å². The van der Waals surface area contributed by atoms with Gasteiger partial charge in [-0.15, -0.1) is 0 Å². The maximum Gasteiger partial charge on any atom is 0.240 e. The average molecular weight is 373 g/mol. The second-order valence-corrected chi connectivity index (χ2v) is 6.69. The first-order valence-electron chi connectivity index (χ1n) is 8.97. The molecule has 2 amide bonds. The molecule has 1 aliphatic rings. The molecule has 140 valence electrons. The number of carbonyl (C=O) groups is 2. The third-order valence-electron chi connectivity index (χ3n) is 4.65. The molecule has 7 heteroatoms. The first kappa shape index (κ1) is 17.8. The Bertz CT molecular complexity index is 1090. The Morgan fingerprint density at radius 1 is 1.00 bits per heavy atom. The lowest BCUT2D eigenvalue weighted by atomic mass is 9.98. The number of aromatic nitrogens is 2. The molecule has 1 aromatic heterocycles. The highest BCUT2D eigenvalue weighted by Gasteiger charge is 2.31. The van der Waals surface area contributed by atoms with E-state index in [0.717, 1.165) is 33.6 Å². The van der Waals surface area contributed by atoms with E-state index in [0.29, 0.717) is 6.42 Å². The predicted molar refractivity (Wildman–Crippen MR) is 107 cm³/mol. The second kappa shape index (κ2) is 7.19. The zero-order valence-corrected chi connectivity index (χ0v) is 15.6. The number of fused-ring (bicyclic) bond motifs is 1. The van der Waals surface area contributed by atoms with Gasteiger partial charge >= 0.3 is 0 Å². The Morgan fingerprint density at radius 3 is 2.39 bits per heavy atom. The first-order valence-corrected chi connectivity index (χ1v) is 8.97. The zero-order valence-electron chi connectivity index (χ0n) is 15.6. The van der Waals surface area contributed by atoms with E-state index in [1.54, 1.807) is 12.4 Å². The molecule has 0 unspecified atom stereocenters. The lowest BCUT2D eigenvalue weighted by Gasteiger charge is -2.20. The minimum Gasteiger partial charge on any atom is -0.326 e. The fourth-order valence-corrected chi connectivity index (χ4v) is 3.37. The van der Waals surface area contributed by atoms with Crippen LogP contribution in [-0.4, -0.2) is 32.5 Å². The van der Waals surface area contributed by atoms with Crippen LogP contribution in [0, 0.1) is 0 Å². The van der Waals surface area contributed by atoms with Gasteiger partial charge in [0.2, 0.25) is 11.8 Å². The number of rotatable bonds is 3. The number of amides is 2. The molecule has 2 aromatic carbocycles. The maximum absolute atomic E-state index is 12.2. The van der Waals surface area contributed by atoms with Gasteiger partial charge in [0.05, 0.1) is 22.8 Å². The van der Waals surface area contributed by atoms with E-state index in [-0.39, 0.29) is 17.9 Å². The summed E-state index contributed by atoms with van der Waals surface area (Å²) in [6.45, 7) is 2.98. The van der Waals surface area contributed by atoms with Crippen molar-refractivity contribution in [1.29, 1.82) is 0 Å². The molecule has 1 atom stereocenters. The van der Waals surface area contributed by atoms with Crippen LogP contribution in [0.3, 0.4) is 0 Å². The largest absolute Gasteiger partial charge is 0.326 e. The van der Waals surface area contributed by atoms with Crippen LogP contribution >= 0.6 is 0 Å². The molecular formula is C21H19N5O2. The summed E-state index contributed by atoms with van der Waals surface area (Å²) >= 11 is 0. The highest BCUT2D eigenvalue weighted by molar-refractivity contribution is 6.03. The summed E-state index contributed by atoms with van der Waals surface area (Å²) in [7, 11) is 0. The number of anilines is 1. The summed E-state index contributed by atoms with van der Waals surface area (Å²) in [6.07, 6.45) is 3.91. The van der Waals surface area contributed by atoms with Crippen molar-refractivity contribution in [2.24, 2.45) is 5.10 Å². The molecule has 0 bridgehead atoms. The summed E-state index contributed by atoms with van der Waals surface area (Å²) in [5.41, 5.74) is 5.04. The van der Waals surface area contributed by atoms with E-state index in [1.165, 1.54) is 18.9 Å². The second-order valence-electron chi connectivity index (χ2n) is 6.69. The lowest BCUT2D eigenvalue weighted by Crippen LogP contribution is -2.24. The number of hydrogen-bond donors (Lipinski definition) is 1. The molecule has 4 rings (SSSR count). The topological polar surface area (TPSA) is 87.5 Å². The summed E-state index contributed by atoms with van der Waals surface area (Å²) in [5, 5.41) is 8.83. The van der Waals surface area contributed by atoms with E-state index >= 15 is 0 Å². The van der Waals surface area contributed by atoms with Crippen LogP contribution in [0.15, 0.2) is 60.0 Å². The first-order chi connectivity index (χ1) is 13.5. The molecule has 7 nitrogen and oxygen atoms in total. The van der Waals surface area contributed by atoms with Gasteiger partial charge in [-0.05, 0) is 35.4 Å². The van der Waals surface area contributed by atoms with Crippen molar-refractivity contribution in [2.45, 2.75) is 26.3 Å². The molecule has 28 heavy (non-hydrogen) atoms. The highest BCUT2D eigenvalue weighted by Crippen LogP contribution is 2.33. The van der Waals surface area contributed by atoms with Crippen LogP contribution in [0.5, 0.6) is 0 Å². The molecule has 0 aliphatic carbocycles. The third-order valence-corrected chi connectivity index (χ3v) is 4.65. The normalized spacial score (nSPS) is 16.1. The quantitative estimate of drug-likeness (QED) is 0.763. The Hall–Kier alpha value is -3.61. The molecule has 1 N–H and O–H groups in total. The Kier molecular flexibility index (Phi) is 4.57. The molecule has 0 radical (unpaired) electrons. The van der Waals surface area contributed by atoms with E-state index < -0.39 is 0 Å². The average Bonchev–Trinajstić information content (AvgIpc) is 3.13. The van der Waals surface area contributed by atoms with Gasteiger partial charge in [0, 0.05) is 38.3 Å². The number of benzene rings is 2. The van der Waals surface area contributed by atoms with Gasteiger partial charge in [-0.25, -0.2) is 5.01 Å². The van der Waals surface area contributed by atoms with Crippen LogP contribution in [-0.2, 0) is 9.59 Å². The molecule has 3 aromatic rings. The number of nitrogens with one attached hydrogen (secondary N) is 1. The van der Waals surface area contributed by atoms with Crippen molar-refractivity contribution in [3.8, 4) is 0 Å². The molecule has 0 fully saturated rings. The minimum absolute atomic E-state index is 0.117. The molecule has 0 spiro atoms. The SMILES string of the molecule is CC(=O)Nc1ccc(C2=NN(C(C)=O)[C@@H](c3ccc4nccnc4c3)C2)cc1. The summed E-state index contributed by atoms with van der Waals surface area (Å²) in [4.78, 5) is 32.0. The number of hydrazone groups is 1. The predicted octanol–water partition coefficient (Wildman–Crippen LogP) is 3.29. The van der Waals surface area contributed by atoms with Gasteiger partial charge in [0.1, 0.15) is 0 Å².